The summed E-state index contributed by atoms with van der Waals surface area (Å²) in [5.41, 5.74) is 0.0525. The second-order valence-corrected chi connectivity index (χ2v) is 6.51. The van der Waals surface area contributed by atoms with E-state index in [0.29, 0.717) is 19.1 Å². The van der Waals surface area contributed by atoms with E-state index in [0.717, 1.165) is 0 Å². The first kappa shape index (κ1) is 15.0. The molecule has 1 aliphatic carbocycles. The van der Waals surface area contributed by atoms with Crippen LogP contribution in [-0.4, -0.2) is 39.3 Å². The molecular formula is C13H17NO5S. The Labute approximate surface area is 117 Å². The number of carboxylic acids is 1. The maximum atomic E-state index is 11.9. The van der Waals surface area contributed by atoms with Gasteiger partial charge in [-0.1, -0.05) is 0 Å². The van der Waals surface area contributed by atoms with Gasteiger partial charge in [-0.05, 0) is 43.0 Å². The standard InChI is InChI=1S/C13H17NO5S/c15-13(16)11-3-5-12(6-4-11)20(17,18)14-7-8-19-9-10-1-2-10/h3-6,10,14H,1-2,7-9H2,(H,15,16). The van der Waals surface area contributed by atoms with Crippen molar-refractivity contribution in [2.45, 2.75) is 17.7 Å². The molecule has 0 aromatic heterocycles. The molecule has 1 aliphatic rings. The normalized spacial score (nSPS) is 15.2. The van der Waals surface area contributed by atoms with Crippen LogP contribution in [0.1, 0.15) is 23.2 Å². The number of carboxylic acid groups (broad SMARTS) is 1. The fourth-order valence-corrected chi connectivity index (χ4v) is 2.66. The lowest BCUT2D eigenvalue weighted by Crippen LogP contribution is -2.27. The van der Waals surface area contributed by atoms with Crippen molar-refractivity contribution in [2.24, 2.45) is 5.92 Å². The molecule has 0 spiro atoms. The molecule has 0 radical (unpaired) electrons. The molecule has 7 heteroatoms. The average Bonchev–Trinajstić information content (AvgIpc) is 3.22. The Morgan fingerprint density at radius 1 is 1.30 bits per heavy atom. The van der Waals surface area contributed by atoms with Crippen LogP contribution in [-0.2, 0) is 14.8 Å². The van der Waals surface area contributed by atoms with E-state index < -0.39 is 16.0 Å². The zero-order chi connectivity index (χ0) is 14.6. The van der Waals surface area contributed by atoms with Crippen LogP contribution in [0.2, 0.25) is 0 Å². The predicted molar refractivity (Wildman–Crippen MR) is 72.1 cm³/mol. The number of hydrogen-bond donors (Lipinski definition) is 2. The minimum atomic E-state index is -3.61. The highest BCUT2D eigenvalue weighted by Gasteiger charge is 2.21. The van der Waals surface area contributed by atoms with Gasteiger partial charge < -0.3 is 9.84 Å². The molecule has 0 saturated heterocycles. The van der Waals surface area contributed by atoms with Crippen molar-refractivity contribution in [2.75, 3.05) is 19.8 Å². The van der Waals surface area contributed by atoms with Crippen molar-refractivity contribution in [3.05, 3.63) is 29.8 Å². The minimum absolute atomic E-state index is 0.0460. The highest BCUT2D eigenvalue weighted by atomic mass is 32.2. The molecule has 1 aromatic rings. The third-order valence-electron chi connectivity index (χ3n) is 3.00. The molecule has 0 aliphatic heterocycles. The van der Waals surface area contributed by atoms with Crippen LogP contribution in [0.5, 0.6) is 0 Å². The number of carbonyl (C=O) groups is 1. The lowest BCUT2D eigenvalue weighted by atomic mass is 10.2. The molecule has 0 unspecified atom stereocenters. The lowest BCUT2D eigenvalue weighted by Gasteiger charge is -2.07. The summed E-state index contributed by atoms with van der Waals surface area (Å²) in [5.74, 6) is -0.439. The number of hydrogen-bond acceptors (Lipinski definition) is 4. The van der Waals surface area contributed by atoms with Crippen LogP contribution in [0.15, 0.2) is 29.2 Å². The molecule has 1 fully saturated rings. The quantitative estimate of drug-likeness (QED) is 0.701. The second-order valence-electron chi connectivity index (χ2n) is 4.75. The van der Waals surface area contributed by atoms with Crippen molar-refractivity contribution in [3.8, 4) is 0 Å². The van der Waals surface area contributed by atoms with Gasteiger partial charge in [0.1, 0.15) is 0 Å². The molecule has 2 N–H and O–H groups in total. The summed E-state index contributed by atoms with van der Waals surface area (Å²) in [6, 6.07) is 5.08. The highest BCUT2D eigenvalue weighted by Crippen LogP contribution is 2.28. The SMILES string of the molecule is O=C(O)c1ccc(S(=O)(=O)NCCOCC2CC2)cc1. The Balaban J connectivity index is 1.83. The molecule has 0 atom stereocenters. The Hall–Kier alpha value is -1.44. The number of rotatable bonds is 8. The third kappa shape index (κ3) is 4.29. The van der Waals surface area contributed by atoms with E-state index in [1.54, 1.807) is 0 Å². The van der Waals surface area contributed by atoms with E-state index in [1.807, 2.05) is 0 Å². The summed E-state index contributed by atoms with van der Waals surface area (Å²) in [4.78, 5) is 10.7. The Kier molecular flexibility index (Phi) is 4.74. The van der Waals surface area contributed by atoms with Crippen molar-refractivity contribution in [3.63, 3.8) is 0 Å². The van der Waals surface area contributed by atoms with E-state index in [9.17, 15) is 13.2 Å². The molecular weight excluding hydrogens is 282 g/mol. The van der Waals surface area contributed by atoms with Crippen LogP contribution in [0.25, 0.3) is 0 Å². The Bertz CT molecular complexity index is 563. The molecule has 6 nitrogen and oxygen atoms in total. The molecule has 0 heterocycles. The lowest BCUT2D eigenvalue weighted by molar-refractivity contribution is 0.0696. The number of benzene rings is 1. The number of ether oxygens (including phenoxy) is 1. The summed E-state index contributed by atoms with van der Waals surface area (Å²) in [7, 11) is -3.61. The van der Waals surface area contributed by atoms with Gasteiger partial charge in [-0.3, -0.25) is 0 Å². The fourth-order valence-electron chi connectivity index (χ4n) is 1.64. The summed E-state index contributed by atoms with van der Waals surface area (Å²) >= 11 is 0. The van der Waals surface area contributed by atoms with Crippen LogP contribution in [0.3, 0.4) is 0 Å². The molecule has 2 rings (SSSR count). The molecule has 20 heavy (non-hydrogen) atoms. The maximum Gasteiger partial charge on any atom is 0.335 e. The van der Waals surface area contributed by atoms with Gasteiger partial charge in [0, 0.05) is 13.2 Å². The van der Waals surface area contributed by atoms with Crippen molar-refractivity contribution in [1.82, 2.24) is 4.72 Å². The minimum Gasteiger partial charge on any atom is -0.478 e. The number of sulfonamides is 1. The van der Waals surface area contributed by atoms with Gasteiger partial charge in [0.15, 0.2) is 0 Å². The van der Waals surface area contributed by atoms with Gasteiger partial charge in [-0.2, -0.15) is 0 Å². The average molecular weight is 299 g/mol. The van der Waals surface area contributed by atoms with Gasteiger partial charge in [0.2, 0.25) is 10.0 Å². The van der Waals surface area contributed by atoms with E-state index >= 15 is 0 Å². The first-order chi connectivity index (χ1) is 9.49. The van der Waals surface area contributed by atoms with Gasteiger partial charge in [0.25, 0.3) is 0 Å². The predicted octanol–water partition coefficient (Wildman–Crippen LogP) is 1.09. The van der Waals surface area contributed by atoms with Crippen molar-refractivity contribution >= 4 is 16.0 Å². The Morgan fingerprint density at radius 3 is 2.50 bits per heavy atom. The summed E-state index contributed by atoms with van der Waals surface area (Å²) in [6.07, 6.45) is 2.39. The topological polar surface area (TPSA) is 92.7 Å². The van der Waals surface area contributed by atoms with Gasteiger partial charge >= 0.3 is 5.97 Å². The second kappa shape index (κ2) is 6.34. The van der Waals surface area contributed by atoms with Crippen LogP contribution in [0, 0.1) is 5.92 Å². The van der Waals surface area contributed by atoms with Gasteiger partial charge in [0.05, 0.1) is 17.1 Å². The maximum absolute atomic E-state index is 11.9. The zero-order valence-corrected chi connectivity index (χ0v) is 11.7. The van der Waals surface area contributed by atoms with E-state index in [-0.39, 0.29) is 17.0 Å². The van der Waals surface area contributed by atoms with Crippen molar-refractivity contribution < 1.29 is 23.1 Å². The van der Waals surface area contributed by atoms with Crippen LogP contribution in [0.4, 0.5) is 0 Å². The first-order valence-corrected chi connectivity index (χ1v) is 7.88. The Morgan fingerprint density at radius 2 is 1.95 bits per heavy atom. The van der Waals surface area contributed by atoms with Gasteiger partial charge in [-0.25, -0.2) is 17.9 Å². The highest BCUT2D eigenvalue weighted by molar-refractivity contribution is 7.89. The van der Waals surface area contributed by atoms with Crippen LogP contribution >= 0.6 is 0 Å². The summed E-state index contributed by atoms with van der Waals surface area (Å²) in [6.45, 7) is 1.23. The largest absolute Gasteiger partial charge is 0.478 e. The molecule has 0 amide bonds. The zero-order valence-electron chi connectivity index (χ0n) is 10.9. The monoisotopic (exact) mass is 299 g/mol. The first-order valence-electron chi connectivity index (χ1n) is 6.40. The molecule has 1 saturated carbocycles. The van der Waals surface area contributed by atoms with Crippen LogP contribution < -0.4 is 4.72 Å². The number of aromatic carboxylic acids is 1. The van der Waals surface area contributed by atoms with Gasteiger partial charge in [-0.15, -0.1) is 0 Å². The third-order valence-corrected chi connectivity index (χ3v) is 4.48. The van der Waals surface area contributed by atoms with E-state index in [4.69, 9.17) is 9.84 Å². The van der Waals surface area contributed by atoms with E-state index in [1.165, 1.54) is 37.1 Å². The molecule has 1 aromatic carbocycles. The summed E-state index contributed by atoms with van der Waals surface area (Å²) < 4.78 is 31.6. The summed E-state index contributed by atoms with van der Waals surface area (Å²) in [5, 5.41) is 8.75. The van der Waals surface area contributed by atoms with Crippen molar-refractivity contribution in [1.29, 1.82) is 0 Å². The molecule has 0 bridgehead atoms. The fraction of sp³-hybridized carbons (Fsp3) is 0.462. The van der Waals surface area contributed by atoms with E-state index in [2.05, 4.69) is 4.72 Å². The molecule has 110 valence electrons. The number of nitrogens with one attached hydrogen (secondary N) is 1. The smallest absolute Gasteiger partial charge is 0.335 e.